The molecule has 4 unspecified atom stereocenters. The van der Waals surface area contributed by atoms with E-state index in [-0.39, 0.29) is 4.08 Å². The van der Waals surface area contributed by atoms with Crippen LogP contribution in [0.25, 0.3) is 0 Å². The molecule has 0 radical (unpaired) electrons. The van der Waals surface area contributed by atoms with Crippen molar-refractivity contribution in [2.45, 2.75) is 58.4 Å². The van der Waals surface area contributed by atoms with Gasteiger partial charge in [-0.2, -0.15) is 0 Å². The molecule has 0 heterocycles. The minimum atomic E-state index is -3.18. The van der Waals surface area contributed by atoms with Gasteiger partial charge in [0.1, 0.15) is 0 Å². The van der Waals surface area contributed by atoms with Gasteiger partial charge in [-0.25, -0.2) is 0 Å². The Morgan fingerprint density at radius 1 is 1.09 bits per heavy atom. The molecule has 0 spiro atoms. The molecule has 122 valence electrons. The van der Waals surface area contributed by atoms with Crippen LogP contribution < -0.4 is 0 Å². The standard InChI is InChI=1S/C18H28GeO2S/c1-19(2,3)18(13-16-12-14-9-10-15(16)11-14)22(20,21)17-7-5-4-6-8-17/h4-8,14-16,18H,9-13H2,1-3H3. The van der Waals surface area contributed by atoms with Crippen LogP contribution in [-0.2, 0) is 9.84 Å². The Morgan fingerprint density at radius 2 is 1.77 bits per heavy atom. The topological polar surface area (TPSA) is 34.1 Å². The van der Waals surface area contributed by atoms with Crippen molar-refractivity contribution in [3.8, 4) is 0 Å². The first-order valence-electron chi connectivity index (χ1n) is 8.57. The van der Waals surface area contributed by atoms with E-state index in [1.54, 1.807) is 12.1 Å². The van der Waals surface area contributed by atoms with Gasteiger partial charge >= 0.3 is 138 Å². The van der Waals surface area contributed by atoms with E-state index in [4.69, 9.17) is 0 Å². The van der Waals surface area contributed by atoms with E-state index in [2.05, 4.69) is 17.3 Å². The first-order chi connectivity index (χ1) is 10.3. The first kappa shape index (κ1) is 16.6. The van der Waals surface area contributed by atoms with Gasteiger partial charge in [0, 0.05) is 0 Å². The van der Waals surface area contributed by atoms with Crippen LogP contribution in [0.5, 0.6) is 0 Å². The van der Waals surface area contributed by atoms with E-state index >= 15 is 0 Å². The summed E-state index contributed by atoms with van der Waals surface area (Å²) in [6.45, 7) is 0. The Balaban J connectivity index is 1.87. The zero-order valence-electron chi connectivity index (χ0n) is 14.0. The van der Waals surface area contributed by atoms with Crippen molar-refractivity contribution >= 4 is 23.1 Å². The van der Waals surface area contributed by atoms with Crippen molar-refractivity contribution in [1.29, 1.82) is 0 Å². The van der Waals surface area contributed by atoms with Crippen LogP contribution in [0, 0.1) is 17.8 Å². The summed E-state index contributed by atoms with van der Waals surface area (Å²) in [5.74, 6) is 9.15. The molecule has 2 bridgehead atoms. The fourth-order valence-electron chi connectivity index (χ4n) is 4.66. The third-order valence-corrected chi connectivity index (χ3v) is 17.9. The summed E-state index contributed by atoms with van der Waals surface area (Å²) >= 11 is -2.33. The second-order valence-corrected chi connectivity index (χ2v) is 22.8. The molecule has 2 aliphatic carbocycles. The summed E-state index contributed by atoms with van der Waals surface area (Å²) < 4.78 is 26.3. The van der Waals surface area contributed by atoms with Crippen LogP contribution in [0.15, 0.2) is 35.2 Å². The Hall–Kier alpha value is -0.287. The summed E-state index contributed by atoms with van der Waals surface area (Å²) in [5.41, 5.74) is 0. The van der Waals surface area contributed by atoms with E-state index in [1.165, 1.54) is 25.7 Å². The zero-order valence-corrected chi connectivity index (χ0v) is 16.9. The maximum absolute atomic E-state index is 13.2. The number of fused-ring (bicyclic) bond motifs is 2. The van der Waals surface area contributed by atoms with Crippen molar-refractivity contribution in [3.63, 3.8) is 0 Å². The van der Waals surface area contributed by atoms with Gasteiger partial charge in [0.15, 0.2) is 0 Å². The van der Waals surface area contributed by atoms with E-state index < -0.39 is 23.1 Å². The summed E-state index contributed by atoms with van der Waals surface area (Å²) in [4.78, 5) is 0.531. The molecule has 22 heavy (non-hydrogen) atoms. The van der Waals surface area contributed by atoms with Crippen molar-refractivity contribution in [2.75, 3.05) is 0 Å². The molecule has 0 saturated heterocycles. The molecule has 0 aliphatic heterocycles. The van der Waals surface area contributed by atoms with Crippen molar-refractivity contribution in [3.05, 3.63) is 30.3 Å². The average Bonchev–Trinajstić information content (AvgIpc) is 3.07. The van der Waals surface area contributed by atoms with Crippen LogP contribution in [-0.4, -0.2) is 25.8 Å². The monoisotopic (exact) mass is 382 g/mol. The average molecular weight is 381 g/mol. The summed E-state index contributed by atoms with van der Waals surface area (Å²) in [5, 5.41) is 0. The van der Waals surface area contributed by atoms with Crippen LogP contribution in [0.1, 0.15) is 32.1 Å². The molecule has 0 aromatic heterocycles. The van der Waals surface area contributed by atoms with Crippen molar-refractivity contribution in [1.82, 2.24) is 0 Å². The van der Waals surface area contributed by atoms with Gasteiger partial charge in [-0.3, -0.25) is 0 Å². The third kappa shape index (κ3) is 3.16. The van der Waals surface area contributed by atoms with Crippen LogP contribution in [0.2, 0.25) is 17.3 Å². The summed E-state index contributed by atoms with van der Waals surface area (Å²) in [7, 11) is -3.18. The van der Waals surface area contributed by atoms with Crippen LogP contribution in [0.3, 0.4) is 0 Å². The molecule has 4 heteroatoms. The Labute approximate surface area is 138 Å². The van der Waals surface area contributed by atoms with Crippen molar-refractivity contribution in [2.24, 2.45) is 17.8 Å². The Bertz CT molecular complexity index is 618. The molecule has 0 N–H and O–H groups in total. The molecule has 1 aromatic carbocycles. The van der Waals surface area contributed by atoms with Gasteiger partial charge in [-0.1, -0.05) is 0 Å². The van der Waals surface area contributed by atoms with Crippen LogP contribution >= 0.6 is 0 Å². The molecule has 2 fully saturated rings. The molecule has 4 atom stereocenters. The molecule has 0 amide bonds. The predicted molar refractivity (Wildman–Crippen MR) is 94.3 cm³/mol. The maximum atomic E-state index is 13.2. The van der Waals surface area contributed by atoms with Gasteiger partial charge in [0.05, 0.1) is 0 Å². The van der Waals surface area contributed by atoms with Gasteiger partial charge < -0.3 is 0 Å². The van der Waals surface area contributed by atoms with Gasteiger partial charge in [-0.05, 0) is 0 Å². The Kier molecular flexibility index (Phi) is 4.50. The second-order valence-electron chi connectivity index (χ2n) is 8.38. The second kappa shape index (κ2) is 5.97. The zero-order chi connectivity index (χ0) is 16.0. The number of hydrogen-bond acceptors (Lipinski definition) is 2. The number of hydrogen-bond donors (Lipinski definition) is 0. The first-order valence-corrected chi connectivity index (χ1v) is 17.6. The quantitative estimate of drug-likeness (QED) is 0.703. The van der Waals surface area contributed by atoms with Gasteiger partial charge in [-0.15, -0.1) is 0 Å². The van der Waals surface area contributed by atoms with Gasteiger partial charge in [0.2, 0.25) is 0 Å². The molecule has 1 aromatic rings. The van der Waals surface area contributed by atoms with E-state index in [9.17, 15) is 8.42 Å². The summed E-state index contributed by atoms with van der Waals surface area (Å²) in [6.07, 6.45) is 6.28. The van der Waals surface area contributed by atoms with Gasteiger partial charge in [0.25, 0.3) is 0 Å². The number of sulfone groups is 1. The number of rotatable bonds is 5. The molecule has 2 saturated carbocycles. The predicted octanol–water partition coefficient (Wildman–Crippen LogP) is 4.53. The SMILES string of the molecule is [CH3][Ge]([CH3])([CH3])[CH](CC1CC2CCC1C2)S(=O)(=O)c1ccccc1. The molecular weight excluding hydrogens is 353 g/mol. The fourth-order valence-corrected chi connectivity index (χ4v) is 15.8. The minimum absolute atomic E-state index is 0.0979. The molecular formula is C18H28GeO2S. The van der Waals surface area contributed by atoms with E-state index in [0.29, 0.717) is 10.8 Å². The number of benzene rings is 1. The Morgan fingerprint density at radius 3 is 2.27 bits per heavy atom. The third-order valence-electron chi connectivity index (χ3n) is 5.81. The fraction of sp³-hybridized carbons (Fsp3) is 0.667. The van der Waals surface area contributed by atoms with E-state index in [1.807, 2.05) is 18.2 Å². The van der Waals surface area contributed by atoms with E-state index in [0.717, 1.165) is 18.3 Å². The van der Waals surface area contributed by atoms with Crippen molar-refractivity contribution < 1.29 is 8.42 Å². The normalized spacial score (nSPS) is 29.7. The van der Waals surface area contributed by atoms with Crippen LogP contribution in [0.4, 0.5) is 0 Å². The molecule has 2 nitrogen and oxygen atoms in total. The molecule has 3 rings (SSSR count). The molecule has 2 aliphatic rings. The summed E-state index contributed by atoms with van der Waals surface area (Å²) in [6, 6.07) is 9.13.